The van der Waals surface area contributed by atoms with Gasteiger partial charge in [0.15, 0.2) is 11.5 Å². The molecule has 8 nitrogen and oxygen atoms in total. The number of pyridine rings is 1. The smallest absolute Gasteiger partial charge is 0.257 e. The Morgan fingerprint density at radius 1 is 0.903 bits per heavy atom. The number of nitrogens with one attached hydrogen (secondary N) is 2. The van der Waals surface area contributed by atoms with E-state index in [1.54, 1.807) is 70.1 Å². The second kappa shape index (κ2) is 10.6. The van der Waals surface area contributed by atoms with E-state index in [2.05, 4.69) is 20.6 Å². The minimum atomic E-state index is -0.302. The first kappa shape index (κ1) is 21.6. The van der Waals surface area contributed by atoms with Gasteiger partial charge < -0.3 is 19.5 Å². The Hall–Kier alpha value is -4.07. The van der Waals surface area contributed by atoms with Gasteiger partial charge in [0.25, 0.3) is 5.91 Å². The third-order valence-electron chi connectivity index (χ3n) is 4.40. The van der Waals surface area contributed by atoms with E-state index < -0.39 is 0 Å². The maximum absolute atomic E-state index is 12.8. The largest absolute Gasteiger partial charge is 0.497 e. The Bertz CT molecular complexity index is 1040. The number of amides is 1. The normalized spacial score (nSPS) is 10.9. The Kier molecular flexibility index (Phi) is 7.42. The molecule has 0 atom stereocenters. The molecule has 0 saturated heterocycles. The van der Waals surface area contributed by atoms with E-state index in [9.17, 15) is 4.79 Å². The van der Waals surface area contributed by atoms with Crippen molar-refractivity contribution in [3.8, 4) is 17.2 Å². The van der Waals surface area contributed by atoms with Gasteiger partial charge in [0, 0.05) is 29.7 Å². The predicted molar refractivity (Wildman–Crippen MR) is 119 cm³/mol. The summed E-state index contributed by atoms with van der Waals surface area (Å²) in [5, 5.41) is 5.97. The minimum absolute atomic E-state index is 0.296. The van der Waals surface area contributed by atoms with Crippen LogP contribution in [0, 0.1) is 0 Å². The van der Waals surface area contributed by atoms with Crippen LogP contribution in [0.1, 0.15) is 15.9 Å². The molecule has 3 rings (SSSR count). The highest BCUT2D eigenvalue weighted by molar-refractivity contribution is 6.10. The Balaban J connectivity index is 1.82. The molecule has 0 spiro atoms. The first-order valence-corrected chi connectivity index (χ1v) is 9.50. The molecule has 0 aliphatic heterocycles. The molecule has 3 aromatic rings. The van der Waals surface area contributed by atoms with E-state index in [4.69, 9.17) is 14.2 Å². The molecule has 160 valence electrons. The summed E-state index contributed by atoms with van der Waals surface area (Å²) in [6.07, 6.45) is 3.39. The van der Waals surface area contributed by atoms with Crippen molar-refractivity contribution in [2.75, 3.05) is 26.6 Å². The molecular formula is C23H24N4O4. The number of anilines is 1. The molecule has 1 amide bonds. The summed E-state index contributed by atoms with van der Waals surface area (Å²) in [5.74, 6) is 1.83. The number of nitrogens with zero attached hydrogens (tertiary/aromatic N) is 2. The number of carbonyl (C=O) groups excluding carboxylic acids is 1. The average Bonchev–Trinajstić information content (AvgIpc) is 2.83. The predicted octanol–water partition coefficient (Wildman–Crippen LogP) is 3.51. The van der Waals surface area contributed by atoms with Crippen LogP contribution in [0.15, 0.2) is 72.0 Å². The highest BCUT2D eigenvalue weighted by Gasteiger charge is 2.11. The van der Waals surface area contributed by atoms with Gasteiger partial charge in [-0.3, -0.25) is 15.1 Å². The van der Waals surface area contributed by atoms with Gasteiger partial charge >= 0.3 is 0 Å². The fourth-order valence-electron chi connectivity index (χ4n) is 2.74. The van der Waals surface area contributed by atoms with Crippen molar-refractivity contribution in [2.45, 2.75) is 6.54 Å². The number of ether oxygens (including phenoxy) is 3. The van der Waals surface area contributed by atoms with Crippen LogP contribution < -0.4 is 24.8 Å². The van der Waals surface area contributed by atoms with Crippen molar-refractivity contribution in [2.24, 2.45) is 4.99 Å². The fraction of sp³-hybridized carbons (Fsp3) is 0.174. The molecule has 2 aromatic carbocycles. The summed E-state index contributed by atoms with van der Waals surface area (Å²) in [6.45, 7) is 0.362. The lowest BCUT2D eigenvalue weighted by molar-refractivity contribution is 0.0977. The summed E-state index contributed by atoms with van der Waals surface area (Å²) in [5.41, 5.74) is 2.12. The zero-order valence-corrected chi connectivity index (χ0v) is 17.6. The molecule has 31 heavy (non-hydrogen) atoms. The molecule has 8 heteroatoms. The average molecular weight is 420 g/mol. The van der Waals surface area contributed by atoms with Gasteiger partial charge in [0.2, 0.25) is 5.96 Å². The summed E-state index contributed by atoms with van der Waals surface area (Å²) in [6, 6.07) is 15.9. The number of hydrogen-bond acceptors (Lipinski definition) is 6. The molecule has 1 aromatic heterocycles. The van der Waals surface area contributed by atoms with Gasteiger partial charge in [-0.2, -0.15) is 0 Å². The van der Waals surface area contributed by atoms with Crippen LogP contribution in [0.5, 0.6) is 17.2 Å². The number of rotatable bonds is 7. The summed E-state index contributed by atoms with van der Waals surface area (Å²) < 4.78 is 15.8. The molecule has 0 aliphatic rings. The van der Waals surface area contributed by atoms with Crippen LogP contribution in [-0.4, -0.2) is 38.2 Å². The van der Waals surface area contributed by atoms with Crippen LogP contribution in [0.2, 0.25) is 0 Å². The van der Waals surface area contributed by atoms with Gasteiger partial charge in [-0.1, -0.05) is 0 Å². The van der Waals surface area contributed by atoms with Crippen LogP contribution >= 0.6 is 0 Å². The Labute approximate surface area is 180 Å². The van der Waals surface area contributed by atoms with E-state index >= 15 is 0 Å². The molecule has 0 unspecified atom stereocenters. The standard InChI is InChI=1S/C23H24N4O4/c1-29-19-7-4-17(5-8-19)22(28)27-23(25-15-16-10-12-24-13-11-16)26-18-6-9-20(30-2)21(14-18)31-3/h4-14H,15H2,1-3H3,(H2,25,26,27,28). The van der Waals surface area contributed by atoms with Gasteiger partial charge in [-0.25, -0.2) is 4.99 Å². The maximum Gasteiger partial charge on any atom is 0.257 e. The van der Waals surface area contributed by atoms with Crippen molar-refractivity contribution in [1.29, 1.82) is 0 Å². The monoisotopic (exact) mass is 420 g/mol. The topological polar surface area (TPSA) is 94.1 Å². The molecule has 0 fully saturated rings. The van der Waals surface area contributed by atoms with Crippen molar-refractivity contribution >= 4 is 17.6 Å². The van der Waals surface area contributed by atoms with Crippen LogP contribution in [0.3, 0.4) is 0 Å². The Morgan fingerprint density at radius 2 is 1.61 bits per heavy atom. The van der Waals surface area contributed by atoms with Crippen LogP contribution in [0.4, 0.5) is 5.69 Å². The lowest BCUT2D eigenvalue weighted by Gasteiger charge is -2.14. The molecule has 0 aliphatic carbocycles. The van der Waals surface area contributed by atoms with Gasteiger partial charge in [-0.05, 0) is 54.1 Å². The summed E-state index contributed by atoms with van der Waals surface area (Å²) >= 11 is 0. The number of guanidine groups is 1. The minimum Gasteiger partial charge on any atom is -0.497 e. The highest BCUT2D eigenvalue weighted by atomic mass is 16.5. The zero-order chi connectivity index (χ0) is 22.1. The third-order valence-corrected chi connectivity index (χ3v) is 4.40. The lowest BCUT2D eigenvalue weighted by Crippen LogP contribution is -2.36. The number of methoxy groups -OCH3 is 3. The second-order valence-corrected chi connectivity index (χ2v) is 6.40. The first-order chi connectivity index (χ1) is 15.1. The van der Waals surface area contributed by atoms with E-state index in [-0.39, 0.29) is 5.91 Å². The van der Waals surface area contributed by atoms with Gasteiger partial charge in [-0.15, -0.1) is 0 Å². The number of aromatic nitrogens is 1. The fourth-order valence-corrected chi connectivity index (χ4v) is 2.74. The van der Waals surface area contributed by atoms with Crippen molar-refractivity contribution < 1.29 is 19.0 Å². The number of hydrogen-bond donors (Lipinski definition) is 2. The van der Waals surface area contributed by atoms with Crippen molar-refractivity contribution in [3.05, 3.63) is 78.1 Å². The van der Waals surface area contributed by atoms with E-state index in [0.717, 1.165) is 5.56 Å². The highest BCUT2D eigenvalue weighted by Crippen LogP contribution is 2.29. The lowest BCUT2D eigenvalue weighted by atomic mass is 10.2. The Morgan fingerprint density at radius 3 is 2.26 bits per heavy atom. The quantitative estimate of drug-likeness (QED) is 0.449. The maximum atomic E-state index is 12.8. The van der Waals surface area contributed by atoms with Crippen molar-refractivity contribution in [1.82, 2.24) is 10.3 Å². The number of aliphatic imine (C=N–C) groups is 1. The SMILES string of the molecule is COc1ccc(C(=O)NC(=NCc2ccncc2)Nc2ccc(OC)c(OC)c2)cc1. The first-order valence-electron chi connectivity index (χ1n) is 9.50. The number of carbonyl (C=O) groups is 1. The van der Waals surface area contributed by atoms with Gasteiger partial charge in [0.05, 0.1) is 27.9 Å². The molecule has 0 bridgehead atoms. The third kappa shape index (κ3) is 5.96. The number of benzene rings is 2. The van der Waals surface area contributed by atoms with E-state index in [1.165, 1.54) is 0 Å². The van der Waals surface area contributed by atoms with Crippen LogP contribution in [-0.2, 0) is 6.54 Å². The molecule has 0 saturated carbocycles. The van der Waals surface area contributed by atoms with Crippen molar-refractivity contribution in [3.63, 3.8) is 0 Å². The molecule has 2 N–H and O–H groups in total. The van der Waals surface area contributed by atoms with Crippen LogP contribution in [0.25, 0.3) is 0 Å². The second-order valence-electron chi connectivity index (χ2n) is 6.40. The summed E-state index contributed by atoms with van der Waals surface area (Å²) in [4.78, 5) is 21.3. The molecule has 1 heterocycles. The summed E-state index contributed by atoms with van der Waals surface area (Å²) in [7, 11) is 4.71. The van der Waals surface area contributed by atoms with Gasteiger partial charge in [0.1, 0.15) is 5.75 Å². The van der Waals surface area contributed by atoms with E-state index in [1.807, 2.05) is 18.2 Å². The molecule has 0 radical (unpaired) electrons. The molecular weight excluding hydrogens is 396 g/mol. The van der Waals surface area contributed by atoms with E-state index in [0.29, 0.717) is 41.0 Å². The zero-order valence-electron chi connectivity index (χ0n) is 17.6.